The molecule has 0 unspecified atom stereocenters. The van der Waals surface area contributed by atoms with Gasteiger partial charge in [-0.2, -0.15) is 0 Å². The third-order valence-corrected chi connectivity index (χ3v) is 4.89. The van der Waals surface area contributed by atoms with E-state index in [4.69, 9.17) is 0 Å². The summed E-state index contributed by atoms with van der Waals surface area (Å²) >= 11 is 1.57. The third kappa shape index (κ3) is 4.50. The normalized spacial score (nSPS) is 18.1. The van der Waals surface area contributed by atoms with Crippen molar-refractivity contribution in [2.75, 3.05) is 16.9 Å². The van der Waals surface area contributed by atoms with Crippen molar-refractivity contribution in [2.24, 2.45) is 0 Å². The van der Waals surface area contributed by atoms with E-state index in [0.29, 0.717) is 22.9 Å². The first-order valence-electron chi connectivity index (χ1n) is 7.99. The molecule has 1 aliphatic rings. The number of nitrogens with zero attached hydrogens (tertiary/aromatic N) is 1. The summed E-state index contributed by atoms with van der Waals surface area (Å²) in [6, 6.07) is 6.40. The van der Waals surface area contributed by atoms with E-state index in [1.165, 1.54) is 6.92 Å². The fraction of sp³-hybridized carbons (Fsp3) is 0.471. The van der Waals surface area contributed by atoms with Crippen molar-refractivity contribution in [3.63, 3.8) is 0 Å². The molecule has 7 heteroatoms. The maximum atomic E-state index is 12.8. The summed E-state index contributed by atoms with van der Waals surface area (Å²) in [5.74, 6) is 0.584. The molecule has 24 heavy (non-hydrogen) atoms. The minimum atomic E-state index is -0.457. The summed E-state index contributed by atoms with van der Waals surface area (Å²) in [5.41, 5.74) is 1.03. The summed E-state index contributed by atoms with van der Waals surface area (Å²) in [4.78, 5) is 37.9. The largest absolute Gasteiger partial charge is 0.352 e. The fourth-order valence-electron chi connectivity index (χ4n) is 2.40. The molecule has 0 radical (unpaired) electrons. The number of carbonyl (C=O) groups excluding carboxylic acids is 3. The van der Waals surface area contributed by atoms with E-state index >= 15 is 0 Å². The Hall–Kier alpha value is -2.02. The van der Waals surface area contributed by atoms with Crippen molar-refractivity contribution >= 4 is 35.2 Å². The van der Waals surface area contributed by atoms with Gasteiger partial charge in [-0.25, -0.2) is 0 Å². The Morgan fingerprint density at radius 3 is 2.79 bits per heavy atom. The monoisotopic (exact) mass is 349 g/mol. The number of thioether (sulfide) groups is 1. The first-order valence-corrected chi connectivity index (χ1v) is 9.14. The van der Waals surface area contributed by atoms with E-state index in [0.717, 1.165) is 6.42 Å². The van der Waals surface area contributed by atoms with Crippen LogP contribution >= 0.6 is 11.8 Å². The number of amides is 3. The number of hydrogen-bond acceptors (Lipinski definition) is 4. The van der Waals surface area contributed by atoms with Gasteiger partial charge in [0.15, 0.2) is 0 Å². The van der Waals surface area contributed by atoms with Crippen LogP contribution in [-0.4, -0.2) is 46.3 Å². The molecule has 3 amide bonds. The molecule has 1 aromatic rings. The molecular formula is C17H23N3O3S. The summed E-state index contributed by atoms with van der Waals surface area (Å²) < 4.78 is 0. The van der Waals surface area contributed by atoms with Crippen LogP contribution in [-0.2, 0) is 9.59 Å². The molecular weight excluding hydrogens is 326 g/mol. The molecule has 1 heterocycles. The smallest absolute Gasteiger partial charge is 0.255 e. The second kappa shape index (κ2) is 8.19. The second-order valence-corrected chi connectivity index (χ2v) is 6.87. The zero-order valence-electron chi connectivity index (χ0n) is 14.2. The molecule has 0 saturated carbocycles. The Morgan fingerprint density at radius 2 is 2.12 bits per heavy atom. The van der Waals surface area contributed by atoms with Crippen LogP contribution < -0.4 is 10.6 Å². The van der Waals surface area contributed by atoms with Gasteiger partial charge in [0.1, 0.15) is 6.04 Å². The molecule has 130 valence electrons. The lowest BCUT2D eigenvalue weighted by atomic mass is 10.1. The SMILES string of the molecule is CC[C@@H](C)NC(=O)[C@@H]1CSCN1C(=O)c1cccc(NC(C)=O)c1. The number of benzene rings is 1. The average molecular weight is 349 g/mol. The first-order chi connectivity index (χ1) is 11.4. The van der Waals surface area contributed by atoms with Gasteiger partial charge in [0.2, 0.25) is 11.8 Å². The molecule has 2 rings (SSSR count). The van der Waals surface area contributed by atoms with Crippen LogP contribution in [0.15, 0.2) is 24.3 Å². The molecule has 0 bridgehead atoms. The van der Waals surface area contributed by atoms with Gasteiger partial charge in [0.25, 0.3) is 5.91 Å². The topological polar surface area (TPSA) is 78.5 Å². The molecule has 0 aromatic heterocycles. The van der Waals surface area contributed by atoms with E-state index in [-0.39, 0.29) is 23.8 Å². The summed E-state index contributed by atoms with van der Waals surface area (Å²) in [5, 5.41) is 5.61. The summed E-state index contributed by atoms with van der Waals surface area (Å²) in [6.45, 7) is 5.37. The number of nitrogens with one attached hydrogen (secondary N) is 2. The molecule has 6 nitrogen and oxygen atoms in total. The highest BCUT2D eigenvalue weighted by Crippen LogP contribution is 2.24. The molecule has 2 atom stereocenters. The molecule has 1 saturated heterocycles. The Morgan fingerprint density at radius 1 is 1.38 bits per heavy atom. The summed E-state index contributed by atoms with van der Waals surface area (Å²) in [6.07, 6.45) is 0.846. The van der Waals surface area contributed by atoms with Crippen LogP contribution in [0, 0.1) is 0 Å². The van der Waals surface area contributed by atoms with Gasteiger partial charge in [0.05, 0.1) is 5.88 Å². The van der Waals surface area contributed by atoms with Crippen molar-refractivity contribution in [3.05, 3.63) is 29.8 Å². The maximum absolute atomic E-state index is 12.8. The third-order valence-electron chi connectivity index (χ3n) is 3.88. The predicted molar refractivity (Wildman–Crippen MR) is 95.9 cm³/mol. The minimum Gasteiger partial charge on any atom is -0.352 e. The molecule has 1 fully saturated rings. The standard InChI is InChI=1S/C17H23N3O3S/c1-4-11(2)18-16(22)15-9-24-10-20(15)17(23)13-6-5-7-14(8-13)19-12(3)21/h5-8,11,15H,4,9-10H2,1-3H3,(H,18,22)(H,19,21)/t11-,15+/m1/s1. The minimum absolute atomic E-state index is 0.0862. The van der Waals surface area contributed by atoms with Crippen molar-refractivity contribution in [1.82, 2.24) is 10.2 Å². The van der Waals surface area contributed by atoms with Crippen LogP contribution in [0.3, 0.4) is 0 Å². The maximum Gasteiger partial charge on any atom is 0.255 e. The first kappa shape index (κ1) is 18.3. The highest BCUT2D eigenvalue weighted by molar-refractivity contribution is 7.99. The van der Waals surface area contributed by atoms with E-state index in [9.17, 15) is 14.4 Å². The number of hydrogen-bond donors (Lipinski definition) is 2. The van der Waals surface area contributed by atoms with E-state index in [1.54, 1.807) is 40.9 Å². The fourth-order valence-corrected chi connectivity index (χ4v) is 3.55. The lowest BCUT2D eigenvalue weighted by Gasteiger charge is -2.24. The van der Waals surface area contributed by atoms with Crippen molar-refractivity contribution in [2.45, 2.75) is 39.3 Å². The number of anilines is 1. The predicted octanol–water partition coefficient (Wildman–Crippen LogP) is 2.07. The lowest BCUT2D eigenvalue weighted by Crippen LogP contribution is -2.49. The molecule has 1 aromatic carbocycles. The Labute approximate surface area is 146 Å². The van der Waals surface area contributed by atoms with Crippen molar-refractivity contribution < 1.29 is 14.4 Å². The lowest BCUT2D eigenvalue weighted by molar-refractivity contribution is -0.125. The second-order valence-electron chi connectivity index (χ2n) is 5.87. The zero-order valence-corrected chi connectivity index (χ0v) is 15.0. The van der Waals surface area contributed by atoms with Crippen LogP contribution in [0.4, 0.5) is 5.69 Å². The highest BCUT2D eigenvalue weighted by atomic mass is 32.2. The van der Waals surface area contributed by atoms with E-state index in [2.05, 4.69) is 10.6 Å². The van der Waals surface area contributed by atoms with Gasteiger partial charge in [-0.05, 0) is 31.5 Å². The van der Waals surface area contributed by atoms with Crippen LogP contribution in [0.1, 0.15) is 37.6 Å². The molecule has 1 aliphatic heterocycles. The van der Waals surface area contributed by atoms with Crippen LogP contribution in [0.25, 0.3) is 0 Å². The number of rotatable bonds is 5. The van der Waals surface area contributed by atoms with Gasteiger partial charge in [0, 0.05) is 30.0 Å². The number of carbonyl (C=O) groups is 3. The average Bonchev–Trinajstić information content (AvgIpc) is 3.03. The molecule has 0 spiro atoms. The Kier molecular flexibility index (Phi) is 6.25. The van der Waals surface area contributed by atoms with Gasteiger partial charge in [-0.1, -0.05) is 13.0 Å². The summed E-state index contributed by atoms with van der Waals surface area (Å²) in [7, 11) is 0. The van der Waals surface area contributed by atoms with Gasteiger partial charge >= 0.3 is 0 Å². The highest BCUT2D eigenvalue weighted by Gasteiger charge is 2.35. The Balaban J connectivity index is 2.13. The van der Waals surface area contributed by atoms with E-state index < -0.39 is 6.04 Å². The molecule has 0 aliphatic carbocycles. The van der Waals surface area contributed by atoms with Gasteiger partial charge in [-0.15, -0.1) is 11.8 Å². The van der Waals surface area contributed by atoms with Crippen molar-refractivity contribution in [1.29, 1.82) is 0 Å². The van der Waals surface area contributed by atoms with Crippen LogP contribution in [0.2, 0.25) is 0 Å². The van der Waals surface area contributed by atoms with Gasteiger partial charge < -0.3 is 15.5 Å². The van der Waals surface area contributed by atoms with E-state index in [1.807, 2.05) is 13.8 Å². The van der Waals surface area contributed by atoms with Crippen LogP contribution in [0.5, 0.6) is 0 Å². The quantitative estimate of drug-likeness (QED) is 0.853. The Bertz CT molecular complexity index is 635. The zero-order chi connectivity index (χ0) is 17.7. The van der Waals surface area contributed by atoms with Gasteiger partial charge in [-0.3, -0.25) is 14.4 Å². The molecule has 2 N–H and O–H groups in total. The van der Waals surface area contributed by atoms with Crippen molar-refractivity contribution in [3.8, 4) is 0 Å².